The van der Waals surface area contributed by atoms with E-state index in [-0.39, 0.29) is 39.8 Å². The van der Waals surface area contributed by atoms with Gasteiger partial charge >= 0.3 is 0 Å². The maximum atomic E-state index is 12.1. The summed E-state index contributed by atoms with van der Waals surface area (Å²) < 4.78 is 12.2. The molecular formula is C37H62O7. The Hall–Kier alpha value is -0.800. The zero-order valence-corrected chi connectivity index (χ0v) is 28.6. The van der Waals surface area contributed by atoms with Crippen molar-refractivity contribution in [1.29, 1.82) is 0 Å². The van der Waals surface area contributed by atoms with Gasteiger partial charge in [0.2, 0.25) is 0 Å². The van der Waals surface area contributed by atoms with Crippen LogP contribution in [-0.4, -0.2) is 75.1 Å². The summed E-state index contributed by atoms with van der Waals surface area (Å²) in [6.45, 7) is 18.2. The number of rotatable bonds is 6. The largest absolute Gasteiger partial charge is 0.394 e. The average Bonchev–Trinajstić information content (AvgIpc) is 2.95. The molecule has 0 radical (unpaired) electrons. The third-order valence-corrected chi connectivity index (χ3v) is 14.3. The molecule has 0 aromatic heterocycles. The molecule has 0 spiro atoms. The van der Waals surface area contributed by atoms with Gasteiger partial charge < -0.3 is 35.0 Å². The summed E-state index contributed by atoms with van der Waals surface area (Å²) >= 11 is 0. The van der Waals surface area contributed by atoms with Crippen LogP contribution in [0.5, 0.6) is 0 Å². The molecule has 14 atom stereocenters. The van der Waals surface area contributed by atoms with Gasteiger partial charge in [-0.2, -0.15) is 0 Å². The molecule has 5 fully saturated rings. The van der Waals surface area contributed by atoms with Crippen LogP contribution in [0.15, 0.2) is 23.3 Å². The van der Waals surface area contributed by atoms with E-state index in [1.807, 2.05) is 0 Å². The van der Waals surface area contributed by atoms with Gasteiger partial charge in [0.05, 0.1) is 18.8 Å². The average molecular weight is 619 g/mol. The molecule has 252 valence electrons. The molecular weight excluding hydrogens is 556 g/mol. The number of hydrogen-bond acceptors (Lipinski definition) is 7. The standard InChI is InChI=1S/C37H62O7/c1-21(2)11-9-12-22(3)23-13-10-16-37(8)29(23)24(39)19-27-35(6)17-15-28(34(4,5)26(35)14-18-36(27,37)7)44-33-32(42)31(41)30(40)25(20-38)43-33/h11-12,23-33,38-42H,9-10,13-20H2,1-8H3. The first-order chi connectivity index (χ1) is 20.5. The Labute approximate surface area is 266 Å². The number of aliphatic hydroxyl groups excluding tert-OH is 5. The van der Waals surface area contributed by atoms with Crippen molar-refractivity contribution in [1.82, 2.24) is 0 Å². The predicted molar refractivity (Wildman–Crippen MR) is 171 cm³/mol. The minimum atomic E-state index is -1.44. The SMILES string of the molecule is CC(C)=CCC=C(C)C1CCCC2(C)C1C(O)CC1C3(C)CCC(OC4OC(CO)C(O)C(O)C4O)C(C)(C)C3CCC12C. The molecule has 1 heterocycles. The Morgan fingerprint density at radius 3 is 2.18 bits per heavy atom. The minimum Gasteiger partial charge on any atom is -0.394 e. The summed E-state index contributed by atoms with van der Waals surface area (Å²) in [5, 5.41) is 53.1. The van der Waals surface area contributed by atoms with Gasteiger partial charge in [-0.15, -0.1) is 0 Å². The van der Waals surface area contributed by atoms with E-state index in [2.05, 4.69) is 67.5 Å². The van der Waals surface area contributed by atoms with Gasteiger partial charge in [0.25, 0.3) is 0 Å². The van der Waals surface area contributed by atoms with Gasteiger partial charge in [0.1, 0.15) is 24.4 Å². The van der Waals surface area contributed by atoms with Crippen molar-refractivity contribution in [3.8, 4) is 0 Å². The first kappa shape index (κ1) is 34.5. The molecule has 0 amide bonds. The second-order valence-electron chi connectivity index (χ2n) is 17.0. The quantitative estimate of drug-likeness (QED) is 0.196. The predicted octanol–water partition coefficient (Wildman–Crippen LogP) is 5.52. The monoisotopic (exact) mass is 618 g/mol. The van der Waals surface area contributed by atoms with Crippen molar-refractivity contribution in [2.45, 2.75) is 156 Å². The zero-order chi connectivity index (χ0) is 32.4. The Morgan fingerprint density at radius 2 is 1.52 bits per heavy atom. The second kappa shape index (κ2) is 12.3. The zero-order valence-electron chi connectivity index (χ0n) is 28.6. The van der Waals surface area contributed by atoms with Gasteiger partial charge in [-0.1, -0.05) is 64.3 Å². The summed E-state index contributed by atoms with van der Waals surface area (Å²) in [6, 6.07) is 0. The summed E-state index contributed by atoms with van der Waals surface area (Å²) in [5.41, 5.74) is 2.77. The Kier molecular flexibility index (Phi) is 9.68. The highest BCUT2D eigenvalue weighted by atomic mass is 16.7. The van der Waals surface area contributed by atoms with Crippen molar-refractivity contribution in [3.63, 3.8) is 0 Å². The lowest BCUT2D eigenvalue weighted by molar-refractivity contribution is -0.332. The van der Waals surface area contributed by atoms with E-state index < -0.39 is 37.3 Å². The molecule has 7 nitrogen and oxygen atoms in total. The maximum absolute atomic E-state index is 12.1. The van der Waals surface area contributed by atoms with Gasteiger partial charge in [-0.25, -0.2) is 0 Å². The number of allylic oxidation sites excluding steroid dienone is 4. The van der Waals surface area contributed by atoms with E-state index in [0.29, 0.717) is 17.8 Å². The smallest absolute Gasteiger partial charge is 0.186 e. The van der Waals surface area contributed by atoms with Crippen molar-refractivity contribution in [2.24, 2.45) is 45.3 Å². The van der Waals surface area contributed by atoms with Crippen molar-refractivity contribution in [3.05, 3.63) is 23.3 Å². The molecule has 4 aliphatic carbocycles. The molecule has 1 aliphatic heterocycles. The lowest BCUT2D eigenvalue weighted by Crippen LogP contribution is -2.68. The number of aliphatic hydroxyl groups is 5. The molecule has 0 aromatic carbocycles. The van der Waals surface area contributed by atoms with E-state index >= 15 is 0 Å². The van der Waals surface area contributed by atoms with Crippen LogP contribution in [0.2, 0.25) is 0 Å². The summed E-state index contributed by atoms with van der Waals surface area (Å²) in [7, 11) is 0. The molecule has 0 aromatic rings. The second-order valence-corrected chi connectivity index (χ2v) is 17.0. The van der Waals surface area contributed by atoms with Gasteiger partial charge in [-0.05, 0) is 117 Å². The van der Waals surface area contributed by atoms with E-state index in [1.54, 1.807) is 0 Å². The van der Waals surface area contributed by atoms with E-state index in [1.165, 1.54) is 30.4 Å². The van der Waals surface area contributed by atoms with Crippen LogP contribution in [-0.2, 0) is 9.47 Å². The molecule has 5 aliphatic rings. The fraction of sp³-hybridized carbons (Fsp3) is 0.892. The lowest BCUT2D eigenvalue weighted by Gasteiger charge is -2.72. The molecule has 7 heteroatoms. The molecule has 0 bridgehead atoms. The van der Waals surface area contributed by atoms with Crippen molar-refractivity contribution < 1.29 is 35.0 Å². The summed E-state index contributed by atoms with van der Waals surface area (Å²) in [4.78, 5) is 0. The van der Waals surface area contributed by atoms with Crippen LogP contribution < -0.4 is 0 Å². The highest BCUT2D eigenvalue weighted by Gasteiger charge is 2.69. The summed E-state index contributed by atoms with van der Waals surface area (Å²) in [5.74, 6) is 1.46. The van der Waals surface area contributed by atoms with Gasteiger partial charge in [0.15, 0.2) is 6.29 Å². The molecule has 5 rings (SSSR count). The fourth-order valence-corrected chi connectivity index (χ4v) is 11.7. The highest BCUT2D eigenvalue weighted by molar-refractivity contribution is 5.21. The van der Waals surface area contributed by atoms with Crippen molar-refractivity contribution in [2.75, 3.05) is 6.61 Å². The molecule has 5 N–H and O–H groups in total. The van der Waals surface area contributed by atoms with E-state index in [0.717, 1.165) is 38.5 Å². The van der Waals surface area contributed by atoms with Crippen LogP contribution in [0.3, 0.4) is 0 Å². The highest BCUT2D eigenvalue weighted by Crippen LogP contribution is 2.74. The van der Waals surface area contributed by atoms with Gasteiger partial charge in [0, 0.05) is 0 Å². The maximum Gasteiger partial charge on any atom is 0.186 e. The third kappa shape index (κ3) is 5.38. The van der Waals surface area contributed by atoms with E-state index in [4.69, 9.17) is 9.47 Å². The Balaban J connectivity index is 1.39. The first-order valence-electron chi connectivity index (χ1n) is 17.5. The topological polar surface area (TPSA) is 120 Å². The Bertz CT molecular complexity index is 1100. The van der Waals surface area contributed by atoms with Crippen LogP contribution in [0.4, 0.5) is 0 Å². The number of hydrogen-bond donors (Lipinski definition) is 5. The number of fused-ring (bicyclic) bond motifs is 5. The number of ether oxygens (including phenoxy) is 2. The Morgan fingerprint density at radius 1 is 0.818 bits per heavy atom. The molecule has 4 saturated carbocycles. The van der Waals surface area contributed by atoms with E-state index in [9.17, 15) is 25.5 Å². The third-order valence-electron chi connectivity index (χ3n) is 14.3. The van der Waals surface area contributed by atoms with Crippen molar-refractivity contribution >= 4 is 0 Å². The van der Waals surface area contributed by atoms with Crippen LogP contribution in [0.25, 0.3) is 0 Å². The normalized spacial score (nSPS) is 50.7. The molecule has 1 saturated heterocycles. The lowest BCUT2D eigenvalue weighted by atomic mass is 9.33. The van der Waals surface area contributed by atoms with Crippen LogP contribution >= 0.6 is 0 Å². The van der Waals surface area contributed by atoms with Crippen LogP contribution in [0, 0.1) is 45.3 Å². The van der Waals surface area contributed by atoms with Crippen LogP contribution in [0.1, 0.15) is 113 Å². The molecule has 14 unspecified atom stereocenters. The molecule has 44 heavy (non-hydrogen) atoms. The minimum absolute atomic E-state index is 0.0297. The fourth-order valence-electron chi connectivity index (χ4n) is 11.7. The first-order valence-corrected chi connectivity index (χ1v) is 17.5. The van der Waals surface area contributed by atoms with Gasteiger partial charge in [-0.3, -0.25) is 0 Å². The summed E-state index contributed by atoms with van der Waals surface area (Å²) in [6.07, 6.45) is 7.15.